The van der Waals surface area contributed by atoms with Gasteiger partial charge in [0.2, 0.25) is 11.8 Å². The molecule has 1 aliphatic heterocycles. The molecule has 2 amide bonds. The predicted octanol–water partition coefficient (Wildman–Crippen LogP) is 3.91. The van der Waals surface area contributed by atoms with E-state index in [1.54, 1.807) is 7.05 Å². The molecule has 1 N–H and O–H groups in total. The van der Waals surface area contributed by atoms with E-state index in [9.17, 15) is 9.59 Å². The molecule has 1 aliphatic rings. The summed E-state index contributed by atoms with van der Waals surface area (Å²) in [5.74, 6) is 0.244. The van der Waals surface area contributed by atoms with Gasteiger partial charge in [-0.3, -0.25) is 9.59 Å². The van der Waals surface area contributed by atoms with Crippen LogP contribution in [0.15, 0.2) is 54.6 Å². The van der Waals surface area contributed by atoms with Gasteiger partial charge >= 0.3 is 0 Å². The molecule has 1 heterocycles. The van der Waals surface area contributed by atoms with Crippen LogP contribution in [0, 0.1) is 11.3 Å². The topological polar surface area (TPSA) is 49.4 Å². The highest BCUT2D eigenvalue weighted by atomic mass is 16.2. The summed E-state index contributed by atoms with van der Waals surface area (Å²) >= 11 is 0. The number of nitrogens with zero attached hydrogens (tertiary/aromatic N) is 1. The molecule has 0 radical (unpaired) electrons. The van der Waals surface area contributed by atoms with Crippen LogP contribution in [-0.2, 0) is 16.0 Å². The molecule has 0 aliphatic carbocycles. The Kier molecular flexibility index (Phi) is 6.18. The highest BCUT2D eigenvalue weighted by Crippen LogP contribution is 2.38. The number of likely N-dealkylation sites (tertiary alicyclic amines) is 1. The van der Waals surface area contributed by atoms with Crippen molar-refractivity contribution >= 4 is 11.8 Å². The third-order valence-electron chi connectivity index (χ3n) is 5.87. The fraction of sp³-hybridized carbons (Fsp3) is 0.417. The smallest absolute Gasteiger partial charge is 0.226 e. The van der Waals surface area contributed by atoms with E-state index in [-0.39, 0.29) is 17.7 Å². The maximum Gasteiger partial charge on any atom is 0.226 e. The van der Waals surface area contributed by atoms with Gasteiger partial charge in [-0.15, -0.1) is 0 Å². The van der Waals surface area contributed by atoms with E-state index in [1.165, 1.54) is 11.1 Å². The molecule has 2 aromatic rings. The average Bonchev–Trinajstić information content (AvgIpc) is 2.74. The van der Waals surface area contributed by atoms with Gasteiger partial charge in [-0.1, -0.05) is 68.4 Å². The molecular formula is C24H30N2O2. The van der Waals surface area contributed by atoms with Crippen molar-refractivity contribution in [1.82, 2.24) is 10.2 Å². The van der Waals surface area contributed by atoms with Gasteiger partial charge in [0.05, 0.1) is 5.41 Å². The quantitative estimate of drug-likeness (QED) is 0.858. The van der Waals surface area contributed by atoms with Crippen molar-refractivity contribution in [2.75, 3.05) is 20.1 Å². The van der Waals surface area contributed by atoms with E-state index in [0.29, 0.717) is 32.4 Å². The summed E-state index contributed by atoms with van der Waals surface area (Å²) in [6.45, 7) is 5.13. The monoisotopic (exact) mass is 378 g/mol. The van der Waals surface area contributed by atoms with Crippen LogP contribution in [0.5, 0.6) is 0 Å². The van der Waals surface area contributed by atoms with E-state index >= 15 is 0 Å². The second-order valence-corrected chi connectivity index (χ2v) is 8.04. The van der Waals surface area contributed by atoms with Gasteiger partial charge in [-0.25, -0.2) is 0 Å². The van der Waals surface area contributed by atoms with Crippen LogP contribution in [0.4, 0.5) is 0 Å². The van der Waals surface area contributed by atoms with E-state index in [0.717, 1.165) is 5.56 Å². The van der Waals surface area contributed by atoms with Gasteiger partial charge in [0, 0.05) is 26.1 Å². The van der Waals surface area contributed by atoms with Gasteiger partial charge in [0.15, 0.2) is 0 Å². The SMILES string of the molecule is CNC(=O)C1(Cc2ccccc2-c2ccccc2)CCN(C(=O)C(C)C)CC1. The van der Waals surface area contributed by atoms with Crippen molar-refractivity contribution in [1.29, 1.82) is 0 Å². The Morgan fingerprint density at radius 2 is 1.61 bits per heavy atom. The van der Waals surface area contributed by atoms with Crippen LogP contribution < -0.4 is 5.32 Å². The minimum Gasteiger partial charge on any atom is -0.359 e. The zero-order chi connectivity index (χ0) is 20.1. The van der Waals surface area contributed by atoms with Gasteiger partial charge in [-0.2, -0.15) is 0 Å². The van der Waals surface area contributed by atoms with Crippen LogP contribution >= 0.6 is 0 Å². The normalized spacial score (nSPS) is 16.1. The number of benzene rings is 2. The molecule has 4 nitrogen and oxygen atoms in total. The summed E-state index contributed by atoms with van der Waals surface area (Å²) in [6, 6.07) is 18.6. The summed E-state index contributed by atoms with van der Waals surface area (Å²) < 4.78 is 0. The lowest BCUT2D eigenvalue weighted by atomic mass is 9.72. The number of piperidine rings is 1. The number of hydrogen-bond donors (Lipinski definition) is 1. The molecule has 148 valence electrons. The van der Waals surface area contributed by atoms with Gasteiger partial charge in [-0.05, 0) is 36.0 Å². The zero-order valence-corrected chi connectivity index (χ0v) is 17.1. The van der Waals surface area contributed by atoms with E-state index < -0.39 is 5.41 Å². The molecule has 0 atom stereocenters. The molecule has 0 spiro atoms. The number of carbonyl (C=O) groups is 2. The lowest BCUT2D eigenvalue weighted by Crippen LogP contribution is -2.51. The minimum absolute atomic E-state index is 0.00805. The summed E-state index contributed by atoms with van der Waals surface area (Å²) in [5, 5.41) is 2.88. The molecule has 3 rings (SSSR count). The van der Waals surface area contributed by atoms with Crippen LogP contribution in [-0.4, -0.2) is 36.9 Å². The lowest BCUT2D eigenvalue weighted by molar-refractivity contribution is -0.142. The molecule has 2 aromatic carbocycles. The van der Waals surface area contributed by atoms with Crippen LogP contribution in [0.3, 0.4) is 0 Å². The molecule has 0 unspecified atom stereocenters. The first-order valence-electron chi connectivity index (χ1n) is 10.1. The van der Waals surface area contributed by atoms with Crippen LogP contribution in [0.2, 0.25) is 0 Å². The zero-order valence-electron chi connectivity index (χ0n) is 17.1. The number of carbonyl (C=O) groups excluding carboxylic acids is 2. The third-order valence-corrected chi connectivity index (χ3v) is 5.87. The van der Waals surface area contributed by atoms with Crippen molar-refractivity contribution in [2.45, 2.75) is 33.1 Å². The number of hydrogen-bond acceptors (Lipinski definition) is 2. The molecule has 1 fully saturated rings. The van der Waals surface area contributed by atoms with Crippen LogP contribution in [0.25, 0.3) is 11.1 Å². The summed E-state index contributed by atoms with van der Waals surface area (Å²) in [5.41, 5.74) is 3.04. The van der Waals surface area contributed by atoms with Gasteiger partial charge in [0.1, 0.15) is 0 Å². The highest BCUT2D eigenvalue weighted by molar-refractivity contribution is 5.84. The number of amides is 2. The Labute approximate surface area is 167 Å². The van der Waals surface area contributed by atoms with Crippen molar-refractivity contribution in [2.24, 2.45) is 11.3 Å². The van der Waals surface area contributed by atoms with Gasteiger partial charge in [0.25, 0.3) is 0 Å². The maximum atomic E-state index is 12.9. The molecule has 0 saturated carbocycles. The van der Waals surface area contributed by atoms with Crippen molar-refractivity contribution < 1.29 is 9.59 Å². The van der Waals surface area contributed by atoms with Gasteiger partial charge < -0.3 is 10.2 Å². The van der Waals surface area contributed by atoms with Crippen molar-refractivity contribution in [3.05, 3.63) is 60.2 Å². The standard InChI is InChI=1S/C24H30N2O2/c1-18(2)22(27)26-15-13-24(14-16-26,23(28)25-3)17-20-11-7-8-12-21(20)19-9-5-4-6-10-19/h4-12,18H,13-17H2,1-3H3,(H,25,28). The highest BCUT2D eigenvalue weighted by Gasteiger charge is 2.42. The molecule has 1 saturated heterocycles. The van der Waals surface area contributed by atoms with Crippen molar-refractivity contribution in [3.8, 4) is 11.1 Å². The lowest BCUT2D eigenvalue weighted by Gasteiger charge is -2.41. The Morgan fingerprint density at radius 1 is 1.00 bits per heavy atom. The average molecular weight is 379 g/mol. The largest absolute Gasteiger partial charge is 0.359 e. The van der Waals surface area contributed by atoms with E-state index in [1.807, 2.05) is 49.1 Å². The molecule has 28 heavy (non-hydrogen) atoms. The molecule has 0 bridgehead atoms. The second-order valence-electron chi connectivity index (χ2n) is 8.04. The second kappa shape index (κ2) is 8.59. The summed E-state index contributed by atoms with van der Waals surface area (Å²) in [7, 11) is 1.71. The maximum absolute atomic E-state index is 12.9. The number of rotatable bonds is 5. The number of nitrogens with one attached hydrogen (secondary N) is 1. The first kappa shape index (κ1) is 20.1. The fourth-order valence-corrected chi connectivity index (χ4v) is 4.21. The van der Waals surface area contributed by atoms with Crippen LogP contribution in [0.1, 0.15) is 32.3 Å². The Hall–Kier alpha value is -2.62. The summed E-state index contributed by atoms with van der Waals surface area (Å²) in [4.78, 5) is 27.2. The third kappa shape index (κ3) is 4.11. The van der Waals surface area contributed by atoms with Crippen molar-refractivity contribution in [3.63, 3.8) is 0 Å². The molecule has 4 heteroatoms. The molecule has 0 aromatic heterocycles. The Morgan fingerprint density at radius 3 is 2.21 bits per heavy atom. The Bertz CT molecular complexity index is 822. The fourth-order valence-electron chi connectivity index (χ4n) is 4.21. The first-order valence-corrected chi connectivity index (χ1v) is 10.1. The first-order chi connectivity index (χ1) is 13.5. The molecular weight excluding hydrogens is 348 g/mol. The Balaban J connectivity index is 1.88. The van der Waals surface area contributed by atoms with E-state index in [2.05, 4.69) is 29.6 Å². The predicted molar refractivity (Wildman–Crippen MR) is 113 cm³/mol. The minimum atomic E-state index is -0.479. The van der Waals surface area contributed by atoms with E-state index in [4.69, 9.17) is 0 Å². The summed E-state index contributed by atoms with van der Waals surface area (Å²) in [6.07, 6.45) is 2.06.